The third kappa shape index (κ3) is 3.69. The van der Waals surface area contributed by atoms with Crippen molar-refractivity contribution in [1.82, 2.24) is 10.2 Å². The van der Waals surface area contributed by atoms with Crippen LogP contribution in [-0.2, 0) is 19.1 Å². The predicted molar refractivity (Wildman–Crippen MR) is 70.6 cm³/mol. The fraction of sp³-hybridized carbons (Fsp3) is 0.769. The molecule has 0 bridgehead atoms. The van der Waals surface area contributed by atoms with E-state index in [1.807, 2.05) is 0 Å². The van der Waals surface area contributed by atoms with Crippen LogP contribution in [0.15, 0.2) is 0 Å². The zero-order valence-electron chi connectivity index (χ0n) is 12.3. The molecule has 20 heavy (non-hydrogen) atoms. The van der Waals surface area contributed by atoms with Crippen LogP contribution in [0.3, 0.4) is 0 Å². The second-order valence-electron chi connectivity index (χ2n) is 5.34. The quantitative estimate of drug-likeness (QED) is 0.665. The topological polar surface area (TPSA) is 95.9 Å². The molecular formula is C13H22N2O5. The van der Waals surface area contributed by atoms with Crippen molar-refractivity contribution in [3.05, 3.63) is 0 Å². The van der Waals surface area contributed by atoms with Gasteiger partial charge in [-0.05, 0) is 5.92 Å². The fourth-order valence-electron chi connectivity index (χ4n) is 2.33. The van der Waals surface area contributed by atoms with Crippen molar-refractivity contribution in [2.75, 3.05) is 13.7 Å². The summed E-state index contributed by atoms with van der Waals surface area (Å²) in [5.41, 5.74) is 0. The molecular weight excluding hydrogens is 264 g/mol. The molecule has 1 aliphatic heterocycles. The highest BCUT2D eigenvalue weighted by molar-refractivity contribution is 5.91. The van der Waals surface area contributed by atoms with Gasteiger partial charge in [0.15, 0.2) is 0 Å². The van der Waals surface area contributed by atoms with Crippen LogP contribution in [0.4, 0.5) is 0 Å². The first-order valence-corrected chi connectivity index (χ1v) is 6.61. The molecule has 2 N–H and O–H groups in total. The van der Waals surface area contributed by atoms with Gasteiger partial charge in [-0.25, -0.2) is 4.79 Å². The lowest BCUT2D eigenvalue weighted by atomic mass is 10.0. The average molecular weight is 286 g/mol. The van der Waals surface area contributed by atoms with E-state index in [9.17, 15) is 19.5 Å². The maximum Gasteiger partial charge on any atom is 0.328 e. The van der Waals surface area contributed by atoms with Crippen LogP contribution < -0.4 is 5.32 Å². The molecule has 0 saturated carbocycles. The number of aliphatic hydroxyl groups excluding tert-OH is 1. The van der Waals surface area contributed by atoms with E-state index >= 15 is 0 Å². The Morgan fingerprint density at radius 2 is 1.95 bits per heavy atom. The first kappa shape index (κ1) is 16.4. The molecule has 1 heterocycles. The fourth-order valence-corrected chi connectivity index (χ4v) is 2.33. The summed E-state index contributed by atoms with van der Waals surface area (Å²) in [5.74, 6) is -1.36. The van der Waals surface area contributed by atoms with Crippen molar-refractivity contribution in [1.29, 1.82) is 0 Å². The van der Waals surface area contributed by atoms with E-state index in [1.54, 1.807) is 13.8 Å². The number of likely N-dealkylation sites (tertiary alicyclic amines) is 1. The molecule has 0 aliphatic carbocycles. The number of esters is 1. The molecule has 1 aliphatic rings. The summed E-state index contributed by atoms with van der Waals surface area (Å²) in [6, 6.07) is -1.51. The molecule has 0 spiro atoms. The zero-order valence-corrected chi connectivity index (χ0v) is 12.3. The van der Waals surface area contributed by atoms with Crippen LogP contribution in [0.2, 0.25) is 0 Å². The third-order valence-corrected chi connectivity index (χ3v) is 3.33. The number of ether oxygens (including phenoxy) is 1. The van der Waals surface area contributed by atoms with E-state index in [0.717, 1.165) is 0 Å². The number of aliphatic hydroxyl groups is 1. The summed E-state index contributed by atoms with van der Waals surface area (Å²) in [7, 11) is 1.24. The van der Waals surface area contributed by atoms with Gasteiger partial charge in [-0.15, -0.1) is 0 Å². The molecule has 1 rings (SSSR count). The summed E-state index contributed by atoms with van der Waals surface area (Å²) in [5, 5.41) is 12.3. The zero-order chi connectivity index (χ0) is 15.4. The van der Waals surface area contributed by atoms with Gasteiger partial charge >= 0.3 is 5.97 Å². The predicted octanol–water partition coefficient (Wildman–Crippen LogP) is -0.718. The van der Waals surface area contributed by atoms with E-state index in [1.165, 1.54) is 18.9 Å². The second kappa shape index (κ2) is 6.69. The molecule has 7 heteroatoms. The Kier molecular flexibility index (Phi) is 5.50. The Hall–Kier alpha value is -1.63. The third-order valence-electron chi connectivity index (χ3n) is 3.33. The molecule has 0 radical (unpaired) electrons. The number of β-amino-alcohol motifs (C(OH)–C–C–N with tert-alkyl or cyclic N) is 1. The number of rotatable bonds is 4. The standard InChI is InChI=1S/C13H22N2O5/c1-7(2)11(14-8(3)16)12(18)15-6-9(17)5-10(15)13(19)20-4/h7,9-11,17H,5-6H2,1-4H3,(H,14,16). The lowest BCUT2D eigenvalue weighted by Crippen LogP contribution is -2.53. The molecule has 0 aromatic heterocycles. The number of nitrogens with zero attached hydrogens (tertiary/aromatic N) is 1. The number of amides is 2. The van der Waals surface area contributed by atoms with Crippen LogP contribution >= 0.6 is 0 Å². The van der Waals surface area contributed by atoms with Crippen LogP contribution in [0.25, 0.3) is 0 Å². The summed E-state index contributed by atoms with van der Waals surface area (Å²) >= 11 is 0. The highest BCUT2D eigenvalue weighted by atomic mass is 16.5. The summed E-state index contributed by atoms with van der Waals surface area (Å²) in [6.45, 7) is 5.01. The molecule has 7 nitrogen and oxygen atoms in total. The van der Waals surface area contributed by atoms with Gasteiger partial charge in [0.05, 0.1) is 13.2 Å². The molecule has 3 atom stereocenters. The van der Waals surface area contributed by atoms with Crippen LogP contribution in [0, 0.1) is 5.92 Å². The van der Waals surface area contributed by atoms with E-state index in [0.29, 0.717) is 0 Å². The van der Waals surface area contributed by atoms with Crippen LogP contribution in [0.1, 0.15) is 27.2 Å². The number of hydrogen-bond donors (Lipinski definition) is 2. The smallest absolute Gasteiger partial charge is 0.328 e. The maximum atomic E-state index is 12.5. The van der Waals surface area contributed by atoms with Crippen molar-refractivity contribution in [3.63, 3.8) is 0 Å². The van der Waals surface area contributed by atoms with Crippen molar-refractivity contribution < 1.29 is 24.2 Å². The van der Waals surface area contributed by atoms with Gasteiger partial charge in [0.1, 0.15) is 12.1 Å². The van der Waals surface area contributed by atoms with E-state index in [2.05, 4.69) is 10.1 Å². The highest BCUT2D eigenvalue weighted by Crippen LogP contribution is 2.21. The summed E-state index contributed by atoms with van der Waals surface area (Å²) in [4.78, 5) is 36.6. The minimum absolute atomic E-state index is 0.0708. The minimum atomic E-state index is -0.794. The normalized spacial score (nSPS) is 23.6. The van der Waals surface area contributed by atoms with Gasteiger partial charge < -0.3 is 20.1 Å². The Balaban J connectivity index is 2.91. The molecule has 0 aromatic carbocycles. The van der Waals surface area contributed by atoms with Crippen molar-refractivity contribution in [2.24, 2.45) is 5.92 Å². The number of carbonyl (C=O) groups excluding carboxylic acids is 3. The largest absolute Gasteiger partial charge is 0.467 e. The molecule has 1 saturated heterocycles. The van der Waals surface area contributed by atoms with Crippen molar-refractivity contribution in [2.45, 2.75) is 45.4 Å². The molecule has 114 valence electrons. The van der Waals surface area contributed by atoms with E-state index < -0.39 is 24.2 Å². The lowest BCUT2D eigenvalue weighted by Gasteiger charge is -2.29. The first-order chi connectivity index (χ1) is 9.27. The van der Waals surface area contributed by atoms with Gasteiger partial charge in [0.2, 0.25) is 11.8 Å². The van der Waals surface area contributed by atoms with Crippen molar-refractivity contribution >= 4 is 17.8 Å². The molecule has 0 aromatic rings. The van der Waals surface area contributed by atoms with Gasteiger partial charge in [-0.1, -0.05) is 13.8 Å². The van der Waals surface area contributed by atoms with E-state index in [4.69, 9.17) is 0 Å². The molecule has 2 amide bonds. The Bertz CT molecular complexity index is 396. The summed E-state index contributed by atoms with van der Waals surface area (Å²) in [6.07, 6.45) is -0.600. The Labute approximate surface area is 118 Å². The van der Waals surface area contributed by atoms with Gasteiger partial charge in [0, 0.05) is 19.9 Å². The van der Waals surface area contributed by atoms with Gasteiger partial charge in [0.25, 0.3) is 0 Å². The maximum absolute atomic E-state index is 12.5. The Morgan fingerprint density at radius 3 is 2.40 bits per heavy atom. The number of hydrogen-bond acceptors (Lipinski definition) is 5. The Morgan fingerprint density at radius 1 is 1.35 bits per heavy atom. The monoisotopic (exact) mass is 286 g/mol. The van der Waals surface area contributed by atoms with Crippen molar-refractivity contribution in [3.8, 4) is 0 Å². The number of methoxy groups -OCH3 is 1. The average Bonchev–Trinajstić information content (AvgIpc) is 2.75. The SMILES string of the molecule is COC(=O)C1CC(O)CN1C(=O)C(NC(C)=O)C(C)C. The second-order valence-corrected chi connectivity index (χ2v) is 5.34. The molecule has 1 fully saturated rings. The lowest BCUT2D eigenvalue weighted by molar-refractivity contribution is -0.152. The van der Waals surface area contributed by atoms with Crippen LogP contribution in [0.5, 0.6) is 0 Å². The number of carbonyl (C=O) groups is 3. The first-order valence-electron chi connectivity index (χ1n) is 6.61. The minimum Gasteiger partial charge on any atom is -0.467 e. The van der Waals surface area contributed by atoms with Crippen LogP contribution in [-0.4, -0.2) is 59.6 Å². The highest BCUT2D eigenvalue weighted by Gasteiger charge is 2.42. The summed E-state index contributed by atoms with van der Waals surface area (Å²) < 4.78 is 4.65. The van der Waals surface area contributed by atoms with E-state index in [-0.39, 0.29) is 30.7 Å². The number of nitrogens with one attached hydrogen (secondary N) is 1. The van der Waals surface area contributed by atoms with Gasteiger partial charge in [-0.2, -0.15) is 0 Å². The van der Waals surface area contributed by atoms with Gasteiger partial charge in [-0.3, -0.25) is 9.59 Å². The molecule has 3 unspecified atom stereocenters.